The summed E-state index contributed by atoms with van der Waals surface area (Å²) in [4.78, 5) is 16.6. The van der Waals surface area contributed by atoms with Crippen LogP contribution in [0.2, 0.25) is 0 Å². The average Bonchev–Trinajstić information content (AvgIpc) is 3.18. The van der Waals surface area contributed by atoms with E-state index in [9.17, 15) is 4.79 Å². The maximum Gasteiger partial charge on any atom is 0.251 e. The topological polar surface area (TPSA) is 62.7 Å². The molecule has 0 aromatic heterocycles. The lowest BCUT2D eigenvalue weighted by molar-refractivity contribution is -0.117. The summed E-state index contributed by atoms with van der Waals surface area (Å²) in [7, 11) is 0. The highest BCUT2D eigenvalue weighted by atomic mass is 16.5. The summed E-state index contributed by atoms with van der Waals surface area (Å²) < 4.78 is 5.45. The lowest BCUT2D eigenvalue weighted by Crippen LogP contribution is -2.32. The molecule has 0 atom stereocenters. The Morgan fingerprint density at radius 2 is 1.91 bits per heavy atom. The standard InChI is InChI=1S/C18H31N3O2/c1-12(2)15(17(22)20-10-11-23-13(3)4)14(5)16(19-7)21-18(6)8-9-18/h13,21H,7-11H2,1-6H3,(H,20,22)/b16-14-. The molecule has 1 fully saturated rings. The van der Waals surface area contributed by atoms with Gasteiger partial charge in [-0.2, -0.15) is 0 Å². The average molecular weight is 321 g/mol. The van der Waals surface area contributed by atoms with E-state index < -0.39 is 0 Å². The minimum atomic E-state index is -0.0984. The highest BCUT2D eigenvalue weighted by molar-refractivity contribution is 5.98. The van der Waals surface area contributed by atoms with Gasteiger partial charge in [0.05, 0.1) is 12.7 Å². The van der Waals surface area contributed by atoms with Crippen molar-refractivity contribution in [3.05, 3.63) is 22.5 Å². The molecule has 0 aromatic carbocycles. The smallest absolute Gasteiger partial charge is 0.251 e. The molecule has 0 radical (unpaired) electrons. The number of aliphatic imine (C=N–C) groups is 1. The summed E-state index contributed by atoms with van der Waals surface area (Å²) >= 11 is 0. The van der Waals surface area contributed by atoms with E-state index in [-0.39, 0.29) is 17.6 Å². The van der Waals surface area contributed by atoms with Gasteiger partial charge in [0.1, 0.15) is 5.82 Å². The molecule has 23 heavy (non-hydrogen) atoms. The van der Waals surface area contributed by atoms with Crippen LogP contribution in [0.4, 0.5) is 0 Å². The van der Waals surface area contributed by atoms with E-state index in [1.807, 2.05) is 34.6 Å². The second-order valence-electron chi connectivity index (χ2n) is 6.87. The zero-order chi connectivity index (χ0) is 17.6. The van der Waals surface area contributed by atoms with Crippen LogP contribution in [0.3, 0.4) is 0 Å². The number of ether oxygens (including phenoxy) is 1. The molecule has 2 N–H and O–H groups in total. The first-order valence-corrected chi connectivity index (χ1v) is 8.23. The predicted molar refractivity (Wildman–Crippen MR) is 95.5 cm³/mol. The van der Waals surface area contributed by atoms with Crippen molar-refractivity contribution in [1.82, 2.24) is 10.6 Å². The molecule has 0 bridgehead atoms. The van der Waals surface area contributed by atoms with Crippen LogP contribution in [-0.4, -0.2) is 37.4 Å². The molecule has 5 nitrogen and oxygen atoms in total. The number of amides is 1. The number of nitrogens with zero attached hydrogens (tertiary/aromatic N) is 1. The molecule has 0 aromatic rings. The number of allylic oxidation sites excluding steroid dienone is 1. The summed E-state index contributed by atoms with van der Waals surface area (Å²) in [5.41, 5.74) is 2.53. The van der Waals surface area contributed by atoms with Crippen LogP contribution in [0, 0.1) is 0 Å². The molecule has 0 unspecified atom stereocenters. The molecule has 5 heteroatoms. The first-order valence-electron chi connectivity index (χ1n) is 8.23. The Balaban J connectivity index is 2.82. The van der Waals surface area contributed by atoms with E-state index >= 15 is 0 Å². The van der Waals surface area contributed by atoms with Gasteiger partial charge in [0.15, 0.2) is 0 Å². The van der Waals surface area contributed by atoms with Gasteiger partial charge in [-0.1, -0.05) is 5.57 Å². The van der Waals surface area contributed by atoms with Crippen LogP contribution in [0.15, 0.2) is 27.5 Å². The highest BCUT2D eigenvalue weighted by Crippen LogP contribution is 2.36. The van der Waals surface area contributed by atoms with Crippen molar-refractivity contribution in [3.63, 3.8) is 0 Å². The Kier molecular flexibility index (Phi) is 7.01. The monoisotopic (exact) mass is 321 g/mol. The van der Waals surface area contributed by atoms with Gasteiger partial charge in [-0.3, -0.25) is 4.79 Å². The number of hydrogen-bond donors (Lipinski definition) is 2. The third-order valence-electron chi connectivity index (χ3n) is 3.87. The molecule has 1 aliphatic carbocycles. The fourth-order valence-electron chi connectivity index (χ4n) is 2.29. The van der Waals surface area contributed by atoms with E-state index in [2.05, 4.69) is 29.3 Å². The molecule has 0 saturated heterocycles. The van der Waals surface area contributed by atoms with Gasteiger partial charge in [-0.15, -0.1) is 0 Å². The zero-order valence-corrected chi connectivity index (χ0v) is 15.4. The van der Waals surface area contributed by atoms with Crippen molar-refractivity contribution in [3.8, 4) is 0 Å². The van der Waals surface area contributed by atoms with Crippen molar-refractivity contribution in [1.29, 1.82) is 0 Å². The maximum atomic E-state index is 12.5. The molecule has 130 valence electrons. The van der Waals surface area contributed by atoms with Gasteiger partial charge < -0.3 is 15.4 Å². The van der Waals surface area contributed by atoms with E-state index in [1.54, 1.807) is 0 Å². The Morgan fingerprint density at radius 3 is 2.35 bits per heavy atom. The summed E-state index contributed by atoms with van der Waals surface area (Å²) in [6.45, 7) is 16.5. The normalized spacial score (nSPS) is 16.5. The molecule has 0 aliphatic heterocycles. The number of carbonyl (C=O) groups is 1. The van der Waals surface area contributed by atoms with E-state index in [0.717, 1.165) is 24.0 Å². The third kappa shape index (κ3) is 6.18. The van der Waals surface area contributed by atoms with Crippen molar-refractivity contribution in [2.45, 2.75) is 66.0 Å². The van der Waals surface area contributed by atoms with Crippen LogP contribution in [0.25, 0.3) is 0 Å². The van der Waals surface area contributed by atoms with Gasteiger partial charge in [0, 0.05) is 23.2 Å². The maximum absolute atomic E-state index is 12.5. The second-order valence-corrected chi connectivity index (χ2v) is 6.87. The van der Waals surface area contributed by atoms with Crippen LogP contribution < -0.4 is 10.6 Å². The van der Waals surface area contributed by atoms with Gasteiger partial charge in [0.2, 0.25) is 0 Å². The number of carbonyl (C=O) groups excluding carboxylic acids is 1. The molecule has 1 rings (SSSR count). The Labute approximate surface area is 140 Å². The highest BCUT2D eigenvalue weighted by Gasteiger charge is 2.38. The first kappa shape index (κ1) is 19.4. The molecule has 0 heterocycles. The SMILES string of the molecule is C=N/C(NC1(C)CC1)=C(\C)C(C(=O)NCCOC(C)C)=C(C)C. The van der Waals surface area contributed by atoms with Gasteiger partial charge >= 0.3 is 0 Å². The quantitative estimate of drug-likeness (QED) is 0.297. The van der Waals surface area contributed by atoms with E-state index in [4.69, 9.17) is 4.74 Å². The number of hydrogen-bond acceptors (Lipinski definition) is 4. The van der Waals surface area contributed by atoms with E-state index in [1.165, 1.54) is 0 Å². The fourth-order valence-corrected chi connectivity index (χ4v) is 2.29. The summed E-state index contributed by atoms with van der Waals surface area (Å²) in [6.07, 6.45) is 2.39. The van der Waals surface area contributed by atoms with Gasteiger partial charge in [0.25, 0.3) is 5.91 Å². The number of rotatable bonds is 9. The Morgan fingerprint density at radius 1 is 1.30 bits per heavy atom. The van der Waals surface area contributed by atoms with Crippen molar-refractivity contribution < 1.29 is 9.53 Å². The minimum Gasteiger partial charge on any atom is -0.377 e. The zero-order valence-electron chi connectivity index (χ0n) is 15.4. The number of nitrogens with one attached hydrogen (secondary N) is 2. The molecule has 0 spiro atoms. The molecular weight excluding hydrogens is 290 g/mol. The molecular formula is C18H31N3O2. The second kappa shape index (κ2) is 8.29. The summed E-state index contributed by atoms with van der Waals surface area (Å²) in [5, 5.41) is 6.31. The van der Waals surface area contributed by atoms with Gasteiger partial charge in [-0.25, -0.2) is 4.99 Å². The van der Waals surface area contributed by atoms with Crippen molar-refractivity contribution >= 4 is 12.6 Å². The lowest BCUT2D eigenvalue weighted by atomic mass is 10.0. The Hall–Kier alpha value is -1.62. The third-order valence-corrected chi connectivity index (χ3v) is 3.87. The van der Waals surface area contributed by atoms with Gasteiger partial charge in [-0.05, 0) is 61.1 Å². The van der Waals surface area contributed by atoms with Crippen LogP contribution in [-0.2, 0) is 9.53 Å². The molecule has 1 aliphatic rings. The lowest BCUT2D eigenvalue weighted by Gasteiger charge is -2.18. The van der Waals surface area contributed by atoms with Crippen molar-refractivity contribution in [2.24, 2.45) is 4.99 Å². The fraction of sp³-hybridized carbons (Fsp3) is 0.667. The molecule has 1 amide bonds. The minimum absolute atomic E-state index is 0.0894. The van der Waals surface area contributed by atoms with E-state index in [0.29, 0.717) is 24.5 Å². The first-order chi connectivity index (χ1) is 10.7. The summed E-state index contributed by atoms with van der Waals surface area (Å²) in [6, 6.07) is 0. The summed E-state index contributed by atoms with van der Waals surface area (Å²) in [5.74, 6) is 0.591. The van der Waals surface area contributed by atoms with Crippen molar-refractivity contribution in [2.75, 3.05) is 13.2 Å². The van der Waals surface area contributed by atoms with Crippen LogP contribution >= 0.6 is 0 Å². The van der Waals surface area contributed by atoms with Crippen LogP contribution in [0.5, 0.6) is 0 Å². The predicted octanol–water partition coefficient (Wildman–Crippen LogP) is 2.94. The largest absolute Gasteiger partial charge is 0.377 e. The molecule has 1 saturated carbocycles. The Bertz CT molecular complexity index is 510. The van der Waals surface area contributed by atoms with Crippen LogP contribution in [0.1, 0.15) is 54.4 Å².